The van der Waals surface area contributed by atoms with Gasteiger partial charge in [0.25, 0.3) is 0 Å². The Balaban J connectivity index is 1.50. The quantitative estimate of drug-likeness (QED) is 0.445. The lowest BCUT2D eigenvalue weighted by Crippen LogP contribution is -2.09. The first kappa shape index (κ1) is 21.3. The van der Waals surface area contributed by atoms with Gasteiger partial charge in [-0.1, -0.05) is 6.07 Å². The summed E-state index contributed by atoms with van der Waals surface area (Å²) in [6.07, 6.45) is 2.23. The zero-order valence-electron chi connectivity index (χ0n) is 17.2. The van der Waals surface area contributed by atoms with Gasteiger partial charge in [0.05, 0.1) is 19.6 Å². The van der Waals surface area contributed by atoms with Crippen molar-refractivity contribution >= 4 is 16.9 Å². The van der Waals surface area contributed by atoms with Crippen LogP contribution < -0.4 is 14.8 Å². The number of pyridine rings is 2. The van der Waals surface area contributed by atoms with Crippen LogP contribution in [0, 0.1) is 0 Å². The molecule has 0 spiro atoms. The van der Waals surface area contributed by atoms with Crippen LogP contribution in [-0.4, -0.2) is 39.1 Å². The van der Waals surface area contributed by atoms with E-state index in [2.05, 4.69) is 30.2 Å². The Labute approximate surface area is 180 Å². The van der Waals surface area contributed by atoms with Crippen LogP contribution >= 0.6 is 0 Å². The molecule has 0 atom stereocenters. The molecular weight excluding hydrogens is 425 g/mol. The Kier molecular flexibility index (Phi) is 5.80. The summed E-state index contributed by atoms with van der Waals surface area (Å²) in [5.74, 6) is 1.45. The summed E-state index contributed by atoms with van der Waals surface area (Å²) in [6.45, 7) is 0.241. The molecule has 4 aromatic rings. The first-order chi connectivity index (χ1) is 15.4. The molecule has 4 aromatic heterocycles. The van der Waals surface area contributed by atoms with Gasteiger partial charge in [-0.05, 0) is 28.8 Å². The summed E-state index contributed by atoms with van der Waals surface area (Å²) in [4.78, 5) is 19.3. The third-order valence-electron chi connectivity index (χ3n) is 4.81. The first-order valence-electron chi connectivity index (χ1n) is 9.53. The highest BCUT2D eigenvalue weighted by atomic mass is 19.4. The summed E-state index contributed by atoms with van der Waals surface area (Å²) in [5.41, 5.74) is 2.15. The number of aromatic nitrogens is 5. The number of anilines is 1. The second kappa shape index (κ2) is 8.69. The van der Waals surface area contributed by atoms with Gasteiger partial charge in [-0.15, -0.1) is 0 Å². The number of halogens is 3. The lowest BCUT2D eigenvalue weighted by molar-refractivity contribution is -0.141. The van der Waals surface area contributed by atoms with E-state index >= 15 is 0 Å². The molecule has 2 N–H and O–H groups in total. The van der Waals surface area contributed by atoms with Gasteiger partial charge in [-0.3, -0.25) is 4.98 Å². The number of ether oxygens (including phenoxy) is 2. The molecule has 0 saturated heterocycles. The Bertz CT molecular complexity index is 1220. The highest BCUT2D eigenvalue weighted by molar-refractivity contribution is 5.85. The smallest absolute Gasteiger partial charge is 0.433 e. The second-order valence-electron chi connectivity index (χ2n) is 6.89. The van der Waals surface area contributed by atoms with E-state index in [-0.39, 0.29) is 6.54 Å². The molecule has 11 heteroatoms. The maximum atomic E-state index is 12.7. The van der Waals surface area contributed by atoms with Crippen LogP contribution in [0.25, 0.3) is 11.0 Å². The lowest BCUT2D eigenvalue weighted by Gasteiger charge is -2.12. The minimum atomic E-state index is -4.46. The third kappa shape index (κ3) is 4.41. The normalized spacial score (nSPS) is 11.5. The van der Waals surface area contributed by atoms with Crippen molar-refractivity contribution in [2.45, 2.75) is 19.1 Å². The minimum Gasteiger partial charge on any atom is -0.493 e. The Morgan fingerprint density at radius 1 is 1.00 bits per heavy atom. The maximum absolute atomic E-state index is 12.7. The Morgan fingerprint density at radius 3 is 2.50 bits per heavy atom. The fraction of sp³-hybridized carbons (Fsp3) is 0.238. The first-order valence-corrected chi connectivity index (χ1v) is 9.53. The summed E-state index contributed by atoms with van der Waals surface area (Å²) < 4.78 is 48.7. The molecule has 4 heterocycles. The van der Waals surface area contributed by atoms with Gasteiger partial charge in [0.2, 0.25) is 5.88 Å². The van der Waals surface area contributed by atoms with Crippen molar-refractivity contribution in [3.63, 3.8) is 0 Å². The average Bonchev–Trinajstić information content (AvgIpc) is 3.20. The van der Waals surface area contributed by atoms with E-state index in [1.54, 1.807) is 13.3 Å². The summed E-state index contributed by atoms with van der Waals surface area (Å²) >= 11 is 0. The van der Waals surface area contributed by atoms with Crippen molar-refractivity contribution < 1.29 is 22.6 Å². The van der Waals surface area contributed by atoms with Crippen molar-refractivity contribution in [2.75, 3.05) is 19.5 Å². The van der Waals surface area contributed by atoms with Crippen LogP contribution in [0.2, 0.25) is 0 Å². The van der Waals surface area contributed by atoms with Crippen LogP contribution in [0.1, 0.15) is 22.4 Å². The number of aromatic amines is 1. The van der Waals surface area contributed by atoms with E-state index in [0.29, 0.717) is 35.1 Å². The van der Waals surface area contributed by atoms with Crippen molar-refractivity contribution in [1.82, 2.24) is 24.9 Å². The molecule has 0 aliphatic heterocycles. The number of nitrogens with one attached hydrogen (secondary N) is 2. The van der Waals surface area contributed by atoms with Crippen LogP contribution in [0.5, 0.6) is 11.6 Å². The van der Waals surface area contributed by atoms with Crippen LogP contribution in [-0.2, 0) is 19.1 Å². The molecule has 0 amide bonds. The highest BCUT2D eigenvalue weighted by Gasteiger charge is 2.32. The van der Waals surface area contributed by atoms with Gasteiger partial charge in [0.15, 0.2) is 11.6 Å². The Morgan fingerprint density at radius 2 is 1.81 bits per heavy atom. The van der Waals surface area contributed by atoms with Crippen molar-refractivity contribution in [3.05, 3.63) is 65.5 Å². The van der Waals surface area contributed by atoms with Gasteiger partial charge in [-0.2, -0.15) is 13.2 Å². The zero-order valence-corrected chi connectivity index (χ0v) is 17.2. The number of H-pyrrole nitrogens is 1. The van der Waals surface area contributed by atoms with E-state index in [1.807, 2.05) is 12.3 Å². The monoisotopic (exact) mass is 444 g/mol. The fourth-order valence-corrected chi connectivity index (χ4v) is 3.26. The Hall–Kier alpha value is -3.89. The summed E-state index contributed by atoms with van der Waals surface area (Å²) in [7, 11) is 3.07. The molecule has 4 rings (SSSR count). The summed E-state index contributed by atoms with van der Waals surface area (Å²) in [6, 6.07) is 4.16. The number of methoxy groups -OCH3 is 2. The van der Waals surface area contributed by atoms with Crippen molar-refractivity contribution in [1.29, 1.82) is 0 Å². The molecule has 0 fully saturated rings. The van der Waals surface area contributed by atoms with E-state index < -0.39 is 11.9 Å². The number of rotatable bonds is 7. The third-order valence-corrected chi connectivity index (χ3v) is 4.81. The zero-order chi connectivity index (χ0) is 22.7. The van der Waals surface area contributed by atoms with Crippen molar-refractivity contribution in [3.8, 4) is 11.6 Å². The van der Waals surface area contributed by atoms with E-state index in [4.69, 9.17) is 9.47 Å². The SMILES string of the molecule is COc1cc(Cc2c[nH]c3ncnc(OC)c23)cnc1NCc1ccc(C(F)(F)F)nc1. The molecule has 0 aliphatic rings. The van der Waals surface area contributed by atoms with E-state index in [0.717, 1.165) is 22.6 Å². The second-order valence-corrected chi connectivity index (χ2v) is 6.89. The molecule has 32 heavy (non-hydrogen) atoms. The predicted octanol–water partition coefficient (Wildman–Crippen LogP) is 3.99. The van der Waals surface area contributed by atoms with E-state index in [9.17, 15) is 13.2 Å². The summed E-state index contributed by atoms with van der Waals surface area (Å²) in [5, 5.41) is 3.87. The number of hydrogen-bond donors (Lipinski definition) is 2. The molecule has 166 valence electrons. The van der Waals surface area contributed by atoms with Gasteiger partial charge in [0.1, 0.15) is 17.7 Å². The highest BCUT2D eigenvalue weighted by Crippen LogP contribution is 2.30. The molecule has 0 radical (unpaired) electrons. The molecule has 0 bridgehead atoms. The molecule has 0 unspecified atom stereocenters. The van der Waals surface area contributed by atoms with E-state index in [1.165, 1.54) is 25.7 Å². The van der Waals surface area contributed by atoms with Gasteiger partial charge in [0, 0.05) is 31.6 Å². The van der Waals surface area contributed by atoms with Crippen molar-refractivity contribution in [2.24, 2.45) is 0 Å². The van der Waals surface area contributed by atoms with Crippen LogP contribution in [0.3, 0.4) is 0 Å². The average molecular weight is 444 g/mol. The largest absolute Gasteiger partial charge is 0.493 e. The topological polar surface area (TPSA) is 97.8 Å². The number of fused-ring (bicyclic) bond motifs is 1. The van der Waals surface area contributed by atoms with Crippen LogP contribution in [0.4, 0.5) is 19.0 Å². The molecule has 8 nitrogen and oxygen atoms in total. The molecule has 0 aliphatic carbocycles. The number of hydrogen-bond acceptors (Lipinski definition) is 7. The van der Waals surface area contributed by atoms with Gasteiger partial charge in [-0.25, -0.2) is 15.0 Å². The predicted molar refractivity (Wildman–Crippen MR) is 111 cm³/mol. The standard InChI is InChI=1S/C21H19F3N6O2/c1-31-15-6-13(5-14-10-28-19-17(14)20(32-2)30-11-29-19)9-27-18(15)26-8-12-3-4-16(25-7-12)21(22,23)24/h3-4,6-7,9-11H,5,8H2,1-2H3,(H,26,27)(H,28,29,30). The molecular formula is C21H19F3N6O2. The van der Waals surface area contributed by atoms with Gasteiger partial charge < -0.3 is 19.8 Å². The maximum Gasteiger partial charge on any atom is 0.433 e. The fourth-order valence-electron chi connectivity index (χ4n) is 3.26. The minimum absolute atomic E-state index is 0.241. The lowest BCUT2D eigenvalue weighted by atomic mass is 10.1. The van der Waals surface area contributed by atoms with Crippen LogP contribution in [0.15, 0.2) is 43.1 Å². The number of nitrogens with zero attached hydrogens (tertiary/aromatic N) is 4. The number of alkyl halides is 3. The molecule has 0 aromatic carbocycles. The van der Waals surface area contributed by atoms with Gasteiger partial charge >= 0.3 is 6.18 Å². The molecule has 0 saturated carbocycles.